The van der Waals surface area contributed by atoms with Crippen LogP contribution in [0.2, 0.25) is 0 Å². The van der Waals surface area contributed by atoms with E-state index < -0.39 is 0 Å². The third-order valence-corrected chi connectivity index (χ3v) is 2.14. The smallest absolute Gasteiger partial charge is 0.120 e. The first-order valence-corrected chi connectivity index (χ1v) is 4.10. The Morgan fingerprint density at radius 3 is 3.00 bits per heavy atom. The molecule has 2 N–H and O–H groups in total. The number of H-pyrrole nitrogens is 1. The molecular weight excluding hydrogens is 166 g/mol. The maximum atomic E-state index is 9.00. The zero-order valence-electron chi connectivity index (χ0n) is 7.37. The van der Waals surface area contributed by atoms with Crippen molar-refractivity contribution in [1.29, 1.82) is 0 Å². The largest absolute Gasteiger partial charge is 0.497 e. The van der Waals surface area contributed by atoms with Gasteiger partial charge in [-0.05, 0) is 12.1 Å². The Hall–Kier alpha value is -1.48. The van der Waals surface area contributed by atoms with E-state index in [4.69, 9.17) is 9.84 Å². The number of methoxy groups -OCH3 is 1. The summed E-state index contributed by atoms with van der Waals surface area (Å²) in [5, 5.41) is 10.0. The third-order valence-electron chi connectivity index (χ3n) is 2.14. The Balaban J connectivity index is 2.61. The van der Waals surface area contributed by atoms with Gasteiger partial charge in [-0.1, -0.05) is 0 Å². The van der Waals surface area contributed by atoms with Crippen LogP contribution in [-0.2, 0) is 6.61 Å². The molecule has 1 aromatic heterocycles. The molecule has 68 valence electrons. The Morgan fingerprint density at radius 1 is 1.46 bits per heavy atom. The molecule has 0 aliphatic rings. The number of benzene rings is 1. The average Bonchev–Trinajstić information content (AvgIpc) is 2.59. The molecule has 0 radical (unpaired) electrons. The molecule has 0 aliphatic carbocycles. The van der Waals surface area contributed by atoms with Crippen LogP contribution in [0.4, 0.5) is 0 Å². The second kappa shape index (κ2) is 3.11. The second-order valence-electron chi connectivity index (χ2n) is 2.88. The van der Waals surface area contributed by atoms with Gasteiger partial charge in [-0.25, -0.2) is 0 Å². The molecule has 0 saturated carbocycles. The monoisotopic (exact) mass is 177 g/mol. The third kappa shape index (κ3) is 1.27. The van der Waals surface area contributed by atoms with E-state index in [1.807, 2.05) is 24.4 Å². The second-order valence-corrected chi connectivity index (χ2v) is 2.88. The minimum absolute atomic E-state index is 0.0618. The summed E-state index contributed by atoms with van der Waals surface area (Å²) in [6.07, 6.45) is 1.81. The number of aliphatic hydroxyl groups is 1. The summed E-state index contributed by atoms with van der Waals surface area (Å²) in [5.74, 6) is 0.818. The maximum absolute atomic E-state index is 9.00. The molecule has 2 aromatic rings. The van der Waals surface area contributed by atoms with Crippen LogP contribution in [0.15, 0.2) is 24.4 Å². The average molecular weight is 177 g/mol. The molecule has 13 heavy (non-hydrogen) atoms. The van der Waals surface area contributed by atoms with E-state index in [-0.39, 0.29) is 6.61 Å². The summed E-state index contributed by atoms with van der Waals surface area (Å²) in [4.78, 5) is 3.07. The van der Waals surface area contributed by atoms with Crippen LogP contribution >= 0.6 is 0 Å². The molecule has 3 nitrogen and oxygen atoms in total. The number of aliphatic hydroxyl groups excluding tert-OH is 1. The first-order valence-electron chi connectivity index (χ1n) is 4.10. The molecule has 0 spiro atoms. The number of nitrogens with one attached hydrogen (secondary N) is 1. The normalized spacial score (nSPS) is 10.6. The van der Waals surface area contributed by atoms with Crippen LogP contribution in [0.25, 0.3) is 10.9 Å². The highest BCUT2D eigenvalue weighted by molar-refractivity contribution is 5.84. The molecule has 0 atom stereocenters. The van der Waals surface area contributed by atoms with Crippen molar-refractivity contribution in [2.75, 3.05) is 7.11 Å². The van der Waals surface area contributed by atoms with Gasteiger partial charge in [0.1, 0.15) is 5.75 Å². The minimum atomic E-state index is 0.0618. The first-order chi connectivity index (χ1) is 6.35. The van der Waals surface area contributed by atoms with E-state index in [2.05, 4.69) is 4.98 Å². The number of rotatable bonds is 2. The Labute approximate surface area is 76.0 Å². The van der Waals surface area contributed by atoms with Crippen LogP contribution in [-0.4, -0.2) is 17.2 Å². The standard InChI is InChI=1S/C10H11NO2/c1-13-8-2-3-9-7(6-12)5-11-10(9)4-8/h2-5,11-12H,6H2,1H3. The zero-order chi connectivity index (χ0) is 9.26. The Morgan fingerprint density at radius 2 is 2.31 bits per heavy atom. The molecule has 1 aromatic carbocycles. The van der Waals surface area contributed by atoms with Crippen LogP contribution in [0.3, 0.4) is 0 Å². The maximum Gasteiger partial charge on any atom is 0.120 e. The van der Waals surface area contributed by atoms with Gasteiger partial charge in [-0.2, -0.15) is 0 Å². The number of hydrogen-bond donors (Lipinski definition) is 2. The minimum Gasteiger partial charge on any atom is -0.497 e. The summed E-state index contributed by atoms with van der Waals surface area (Å²) in [6, 6.07) is 5.74. The van der Waals surface area contributed by atoms with Gasteiger partial charge in [-0.3, -0.25) is 0 Å². The van der Waals surface area contributed by atoms with Crippen molar-refractivity contribution in [3.8, 4) is 5.75 Å². The van der Waals surface area contributed by atoms with Crippen molar-refractivity contribution in [3.63, 3.8) is 0 Å². The number of ether oxygens (including phenoxy) is 1. The molecular formula is C10H11NO2. The lowest BCUT2D eigenvalue weighted by molar-refractivity contribution is 0.283. The van der Waals surface area contributed by atoms with E-state index in [9.17, 15) is 0 Å². The van der Waals surface area contributed by atoms with Crippen LogP contribution in [0.5, 0.6) is 5.75 Å². The summed E-state index contributed by atoms with van der Waals surface area (Å²) in [7, 11) is 1.64. The zero-order valence-corrected chi connectivity index (χ0v) is 7.37. The molecule has 0 bridgehead atoms. The van der Waals surface area contributed by atoms with Crippen molar-refractivity contribution in [2.45, 2.75) is 6.61 Å². The van der Waals surface area contributed by atoms with Gasteiger partial charge in [0.15, 0.2) is 0 Å². The fourth-order valence-electron chi connectivity index (χ4n) is 1.42. The summed E-state index contributed by atoms with van der Waals surface area (Å²) >= 11 is 0. The molecule has 0 fully saturated rings. The molecule has 2 rings (SSSR count). The summed E-state index contributed by atoms with van der Waals surface area (Å²) in [6.45, 7) is 0.0618. The molecule has 0 aliphatic heterocycles. The topological polar surface area (TPSA) is 45.2 Å². The quantitative estimate of drug-likeness (QED) is 0.732. The van der Waals surface area contributed by atoms with Gasteiger partial charge in [-0.15, -0.1) is 0 Å². The summed E-state index contributed by atoms with van der Waals surface area (Å²) in [5.41, 5.74) is 1.90. The van der Waals surface area contributed by atoms with E-state index in [1.165, 1.54) is 0 Å². The molecule has 0 saturated heterocycles. The molecule has 0 unspecified atom stereocenters. The summed E-state index contributed by atoms with van der Waals surface area (Å²) < 4.78 is 5.08. The molecule has 0 amide bonds. The number of aromatic amines is 1. The van der Waals surface area contributed by atoms with Gasteiger partial charge in [0.2, 0.25) is 0 Å². The van der Waals surface area contributed by atoms with Crippen molar-refractivity contribution in [1.82, 2.24) is 4.98 Å². The van der Waals surface area contributed by atoms with Gasteiger partial charge in [0.05, 0.1) is 13.7 Å². The van der Waals surface area contributed by atoms with Gasteiger partial charge in [0.25, 0.3) is 0 Å². The number of hydrogen-bond acceptors (Lipinski definition) is 2. The van der Waals surface area contributed by atoms with Crippen LogP contribution in [0.1, 0.15) is 5.56 Å². The van der Waals surface area contributed by atoms with E-state index in [1.54, 1.807) is 7.11 Å². The van der Waals surface area contributed by atoms with Crippen molar-refractivity contribution >= 4 is 10.9 Å². The lowest BCUT2D eigenvalue weighted by Crippen LogP contribution is -1.82. The highest BCUT2D eigenvalue weighted by atomic mass is 16.5. The fraction of sp³-hybridized carbons (Fsp3) is 0.200. The van der Waals surface area contributed by atoms with Crippen LogP contribution < -0.4 is 4.74 Å². The first kappa shape index (κ1) is 8.13. The molecule has 3 heteroatoms. The molecule has 1 heterocycles. The predicted molar refractivity (Wildman–Crippen MR) is 50.8 cm³/mol. The predicted octanol–water partition coefficient (Wildman–Crippen LogP) is 1.67. The number of fused-ring (bicyclic) bond motifs is 1. The van der Waals surface area contributed by atoms with E-state index in [0.717, 1.165) is 22.2 Å². The fourth-order valence-corrected chi connectivity index (χ4v) is 1.42. The van der Waals surface area contributed by atoms with E-state index in [0.29, 0.717) is 0 Å². The SMILES string of the molecule is COc1ccc2c(CO)c[nH]c2c1. The van der Waals surface area contributed by atoms with Crippen molar-refractivity contribution in [3.05, 3.63) is 30.0 Å². The highest BCUT2D eigenvalue weighted by Crippen LogP contribution is 2.22. The highest BCUT2D eigenvalue weighted by Gasteiger charge is 2.02. The Kier molecular flexibility index (Phi) is 1.94. The lowest BCUT2D eigenvalue weighted by Gasteiger charge is -1.99. The van der Waals surface area contributed by atoms with Gasteiger partial charge in [0, 0.05) is 28.7 Å². The lowest BCUT2D eigenvalue weighted by atomic mass is 10.2. The van der Waals surface area contributed by atoms with Crippen molar-refractivity contribution < 1.29 is 9.84 Å². The van der Waals surface area contributed by atoms with E-state index >= 15 is 0 Å². The van der Waals surface area contributed by atoms with Gasteiger partial charge >= 0.3 is 0 Å². The Bertz CT molecular complexity index is 420. The van der Waals surface area contributed by atoms with Crippen LogP contribution in [0, 0.1) is 0 Å². The van der Waals surface area contributed by atoms with Crippen molar-refractivity contribution in [2.24, 2.45) is 0 Å². The van der Waals surface area contributed by atoms with Gasteiger partial charge < -0.3 is 14.8 Å². The number of aromatic nitrogens is 1.